The zero-order chi connectivity index (χ0) is 15.3. The van der Waals surface area contributed by atoms with Crippen molar-refractivity contribution in [3.05, 3.63) is 34.1 Å². The van der Waals surface area contributed by atoms with Crippen LogP contribution in [0, 0.1) is 11.7 Å². The predicted molar refractivity (Wildman–Crippen MR) is 89.9 cm³/mol. The minimum atomic E-state index is -0.532. The average molecular weight is 382 g/mol. The normalized spacial score (nSPS) is 13.2. The first-order valence-corrected chi connectivity index (χ1v) is 7.68. The first-order chi connectivity index (χ1) is 9.40. The molecule has 0 aliphatic heterocycles. The number of nitrogens with two attached hydrogens (primary N) is 1. The lowest BCUT2D eigenvalue weighted by Crippen LogP contribution is -2.46. The summed E-state index contributed by atoms with van der Waals surface area (Å²) in [6.45, 7) is 6.58. The molecule has 2 atom stereocenters. The highest BCUT2D eigenvalue weighted by Gasteiger charge is 2.24. The van der Waals surface area contributed by atoms with Crippen LogP contribution >= 0.6 is 28.3 Å². The molecule has 1 amide bonds. The van der Waals surface area contributed by atoms with Gasteiger partial charge in [-0.2, -0.15) is 0 Å². The van der Waals surface area contributed by atoms with Crippen molar-refractivity contribution in [2.45, 2.75) is 39.8 Å². The summed E-state index contributed by atoms with van der Waals surface area (Å²) in [5.41, 5.74) is 6.47. The van der Waals surface area contributed by atoms with E-state index in [0.717, 1.165) is 10.9 Å². The first kappa shape index (κ1) is 20.3. The Morgan fingerprint density at radius 3 is 2.57 bits per heavy atom. The van der Waals surface area contributed by atoms with Crippen LogP contribution in [0.1, 0.15) is 32.8 Å². The quantitative estimate of drug-likeness (QED) is 0.816. The van der Waals surface area contributed by atoms with E-state index in [0.29, 0.717) is 12.1 Å². The minimum Gasteiger partial charge on any atom is -0.337 e. The third kappa shape index (κ3) is 5.57. The van der Waals surface area contributed by atoms with Crippen molar-refractivity contribution < 1.29 is 9.18 Å². The summed E-state index contributed by atoms with van der Waals surface area (Å²) in [6.07, 6.45) is 0.843. The molecule has 1 rings (SSSR count). The lowest BCUT2D eigenvalue weighted by Gasteiger charge is -2.27. The lowest BCUT2D eigenvalue weighted by atomic mass is 9.98. The molecule has 0 saturated carbocycles. The molecule has 0 aliphatic carbocycles. The van der Waals surface area contributed by atoms with Crippen molar-refractivity contribution in [2.75, 3.05) is 6.54 Å². The molecule has 21 heavy (non-hydrogen) atoms. The molecule has 2 N–H and O–H groups in total. The molecule has 6 heteroatoms. The molecule has 0 radical (unpaired) electrons. The van der Waals surface area contributed by atoms with Crippen LogP contribution in [0.25, 0.3) is 0 Å². The van der Waals surface area contributed by atoms with Gasteiger partial charge in [-0.1, -0.05) is 36.2 Å². The topological polar surface area (TPSA) is 46.3 Å². The number of carbonyl (C=O) groups excluding carboxylic acids is 1. The zero-order valence-corrected chi connectivity index (χ0v) is 15.0. The molecule has 0 aromatic heterocycles. The third-order valence-electron chi connectivity index (χ3n) is 3.60. The molecular formula is C15H23BrClFN2O. The zero-order valence-electron chi connectivity index (χ0n) is 12.6. The largest absolute Gasteiger partial charge is 0.337 e. The van der Waals surface area contributed by atoms with Gasteiger partial charge in [-0.3, -0.25) is 4.79 Å². The highest BCUT2D eigenvalue weighted by molar-refractivity contribution is 9.10. The van der Waals surface area contributed by atoms with Crippen LogP contribution in [0.15, 0.2) is 22.7 Å². The van der Waals surface area contributed by atoms with Crippen molar-refractivity contribution in [1.82, 2.24) is 4.90 Å². The fourth-order valence-electron chi connectivity index (χ4n) is 1.92. The van der Waals surface area contributed by atoms with E-state index >= 15 is 0 Å². The summed E-state index contributed by atoms with van der Waals surface area (Å²) in [7, 11) is 0. The number of carbonyl (C=O) groups is 1. The Labute approximate surface area is 140 Å². The fraction of sp³-hybridized carbons (Fsp3) is 0.533. The summed E-state index contributed by atoms with van der Waals surface area (Å²) in [5.74, 6) is -0.318. The molecule has 2 unspecified atom stereocenters. The van der Waals surface area contributed by atoms with Gasteiger partial charge in [0.25, 0.3) is 0 Å². The number of halogens is 3. The van der Waals surface area contributed by atoms with Gasteiger partial charge < -0.3 is 10.6 Å². The van der Waals surface area contributed by atoms with Crippen LogP contribution in [-0.4, -0.2) is 23.4 Å². The maximum atomic E-state index is 13.8. The highest BCUT2D eigenvalue weighted by atomic mass is 79.9. The van der Waals surface area contributed by atoms with E-state index in [2.05, 4.69) is 15.9 Å². The van der Waals surface area contributed by atoms with Gasteiger partial charge in [-0.05, 0) is 31.0 Å². The van der Waals surface area contributed by atoms with Gasteiger partial charge >= 0.3 is 0 Å². The Hall–Kier alpha value is -0.650. The van der Waals surface area contributed by atoms with Crippen molar-refractivity contribution in [1.29, 1.82) is 0 Å². The van der Waals surface area contributed by atoms with Crippen LogP contribution in [0.3, 0.4) is 0 Å². The number of rotatable bonds is 6. The molecular weight excluding hydrogens is 359 g/mol. The fourth-order valence-corrected chi connectivity index (χ4v) is 2.33. The van der Waals surface area contributed by atoms with E-state index in [1.807, 2.05) is 20.8 Å². The standard InChI is InChI=1S/C15H22BrFN2O.ClH/c1-4-10(3)14(18)15(20)19(5-2)9-11-8-12(16)6-7-13(11)17;/h6-8,10,14H,4-5,9,18H2,1-3H3;1H. The van der Waals surface area contributed by atoms with Crippen LogP contribution in [0.4, 0.5) is 4.39 Å². The highest BCUT2D eigenvalue weighted by Crippen LogP contribution is 2.18. The maximum absolute atomic E-state index is 13.8. The van der Waals surface area contributed by atoms with Crippen LogP contribution in [0.2, 0.25) is 0 Å². The third-order valence-corrected chi connectivity index (χ3v) is 4.10. The second-order valence-corrected chi connectivity index (χ2v) is 5.92. The van der Waals surface area contributed by atoms with E-state index in [-0.39, 0.29) is 36.6 Å². The smallest absolute Gasteiger partial charge is 0.240 e. The van der Waals surface area contributed by atoms with Crippen LogP contribution < -0.4 is 5.73 Å². The molecule has 0 saturated heterocycles. The molecule has 3 nitrogen and oxygen atoms in total. The lowest BCUT2D eigenvalue weighted by molar-refractivity contribution is -0.134. The summed E-state index contributed by atoms with van der Waals surface area (Å²) in [5, 5.41) is 0. The monoisotopic (exact) mass is 380 g/mol. The van der Waals surface area contributed by atoms with Gasteiger partial charge in [0, 0.05) is 23.1 Å². The summed E-state index contributed by atoms with van der Waals surface area (Å²) in [6, 6.07) is 4.20. The second kappa shape index (κ2) is 9.38. The van der Waals surface area contributed by atoms with Crippen molar-refractivity contribution >= 4 is 34.2 Å². The Balaban J connectivity index is 0.00000400. The van der Waals surface area contributed by atoms with Gasteiger partial charge in [-0.15, -0.1) is 12.4 Å². The molecule has 120 valence electrons. The van der Waals surface area contributed by atoms with Gasteiger partial charge in [0.2, 0.25) is 5.91 Å². The second-order valence-electron chi connectivity index (χ2n) is 5.00. The summed E-state index contributed by atoms with van der Waals surface area (Å²) < 4.78 is 14.6. The molecule has 1 aromatic rings. The Morgan fingerprint density at radius 2 is 2.05 bits per heavy atom. The minimum absolute atomic E-state index is 0. The first-order valence-electron chi connectivity index (χ1n) is 6.88. The maximum Gasteiger partial charge on any atom is 0.240 e. The molecule has 0 bridgehead atoms. The summed E-state index contributed by atoms with van der Waals surface area (Å²) in [4.78, 5) is 13.9. The van der Waals surface area contributed by atoms with Gasteiger partial charge in [0.05, 0.1) is 6.04 Å². The molecule has 0 heterocycles. The molecule has 1 aromatic carbocycles. The Morgan fingerprint density at radius 1 is 1.43 bits per heavy atom. The number of hydrogen-bond acceptors (Lipinski definition) is 2. The predicted octanol–water partition coefficient (Wildman–Crippen LogP) is 3.73. The van der Waals surface area contributed by atoms with Crippen molar-refractivity contribution in [2.24, 2.45) is 11.7 Å². The number of amides is 1. The molecule has 0 spiro atoms. The van der Waals surface area contributed by atoms with E-state index in [9.17, 15) is 9.18 Å². The number of benzene rings is 1. The Bertz CT molecular complexity index is 473. The molecule has 0 aliphatic rings. The van der Waals surface area contributed by atoms with E-state index < -0.39 is 6.04 Å². The number of nitrogens with zero attached hydrogens (tertiary/aromatic N) is 1. The van der Waals surface area contributed by atoms with E-state index in [1.54, 1.807) is 17.0 Å². The van der Waals surface area contributed by atoms with E-state index in [4.69, 9.17) is 5.73 Å². The van der Waals surface area contributed by atoms with Gasteiger partial charge in [-0.25, -0.2) is 4.39 Å². The average Bonchev–Trinajstić information content (AvgIpc) is 2.45. The van der Waals surface area contributed by atoms with Crippen LogP contribution in [-0.2, 0) is 11.3 Å². The number of likely N-dealkylation sites (N-methyl/N-ethyl adjacent to an activating group) is 1. The summed E-state index contributed by atoms with van der Waals surface area (Å²) >= 11 is 3.31. The van der Waals surface area contributed by atoms with Crippen LogP contribution in [0.5, 0.6) is 0 Å². The SMILES string of the molecule is CCC(C)C(N)C(=O)N(CC)Cc1cc(Br)ccc1F.Cl. The number of hydrogen-bond donors (Lipinski definition) is 1. The van der Waals surface area contributed by atoms with Crippen molar-refractivity contribution in [3.63, 3.8) is 0 Å². The van der Waals surface area contributed by atoms with Gasteiger partial charge in [0.1, 0.15) is 5.82 Å². The van der Waals surface area contributed by atoms with E-state index in [1.165, 1.54) is 6.07 Å². The van der Waals surface area contributed by atoms with Crippen molar-refractivity contribution in [3.8, 4) is 0 Å². The van der Waals surface area contributed by atoms with Gasteiger partial charge in [0.15, 0.2) is 0 Å². The molecule has 0 fully saturated rings. The Kier molecular flexibility index (Phi) is 9.09.